The van der Waals surface area contributed by atoms with Gasteiger partial charge in [0.2, 0.25) is 15.5 Å². The van der Waals surface area contributed by atoms with E-state index >= 15 is 0 Å². The highest BCUT2D eigenvalue weighted by Crippen LogP contribution is 2.19. The molecule has 1 amide bonds. The molecule has 0 bridgehead atoms. The molecule has 0 aliphatic rings. The Kier molecular flexibility index (Phi) is 7.34. The number of carbonyl (C=O) groups excluding carboxylic acids is 1. The van der Waals surface area contributed by atoms with Crippen LogP contribution in [0.3, 0.4) is 0 Å². The molecule has 0 spiro atoms. The average Bonchev–Trinajstić information content (AvgIpc) is 2.67. The Hall–Kier alpha value is -2.23. The molecule has 2 aromatic rings. The van der Waals surface area contributed by atoms with Crippen LogP contribution in [-0.4, -0.2) is 57.1 Å². The predicted molar refractivity (Wildman–Crippen MR) is 108 cm³/mol. The number of hydrogen-bond acceptors (Lipinski definition) is 5. The largest absolute Gasteiger partial charge is 0.382 e. The lowest BCUT2D eigenvalue weighted by atomic mass is 10.1. The van der Waals surface area contributed by atoms with Gasteiger partial charge in [-0.3, -0.25) is 9.59 Å². The van der Waals surface area contributed by atoms with Crippen LogP contribution in [0.2, 0.25) is 0 Å². The van der Waals surface area contributed by atoms with Crippen LogP contribution < -0.4 is 10.7 Å². The smallest absolute Gasteiger partial charge is 0.256 e. The summed E-state index contributed by atoms with van der Waals surface area (Å²) in [4.78, 5) is 25.4. The highest BCUT2D eigenvalue weighted by molar-refractivity contribution is 7.89. The molecule has 0 saturated heterocycles. The lowest BCUT2D eigenvalue weighted by molar-refractivity contribution is 0.0942. The van der Waals surface area contributed by atoms with E-state index in [1.807, 2.05) is 13.8 Å². The van der Waals surface area contributed by atoms with Crippen molar-refractivity contribution in [3.63, 3.8) is 0 Å². The van der Waals surface area contributed by atoms with Crippen LogP contribution in [0.15, 0.2) is 34.1 Å². The van der Waals surface area contributed by atoms with E-state index in [1.54, 1.807) is 10.6 Å². The van der Waals surface area contributed by atoms with Crippen molar-refractivity contribution < 1.29 is 17.9 Å². The fourth-order valence-corrected chi connectivity index (χ4v) is 3.72. The first-order valence-electron chi connectivity index (χ1n) is 9.19. The van der Waals surface area contributed by atoms with Crippen LogP contribution in [0.1, 0.15) is 30.6 Å². The first kappa shape index (κ1) is 22.1. The fourth-order valence-electron chi connectivity index (χ4n) is 2.79. The Bertz CT molecular complexity index is 1010. The molecule has 1 heterocycles. The number of nitrogens with one attached hydrogen (secondary N) is 1. The second-order valence-corrected chi connectivity index (χ2v) is 8.58. The minimum Gasteiger partial charge on any atom is -0.382 e. The van der Waals surface area contributed by atoms with Crippen LogP contribution in [0, 0.1) is 0 Å². The maximum Gasteiger partial charge on any atom is 0.256 e. The molecule has 0 radical (unpaired) electrons. The second kappa shape index (κ2) is 9.31. The van der Waals surface area contributed by atoms with E-state index < -0.39 is 21.4 Å². The van der Waals surface area contributed by atoms with Gasteiger partial charge in [-0.2, -0.15) is 0 Å². The summed E-state index contributed by atoms with van der Waals surface area (Å²) in [6.45, 7) is 5.83. The summed E-state index contributed by atoms with van der Waals surface area (Å²) >= 11 is 0. The summed E-state index contributed by atoms with van der Waals surface area (Å²) in [7, 11) is -0.837. The number of nitrogens with zero attached hydrogens (tertiary/aromatic N) is 2. The number of carbonyl (C=O) groups is 1. The van der Waals surface area contributed by atoms with E-state index in [9.17, 15) is 18.0 Å². The van der Waals surface area contributed by atoms with Gasteiger partial charge in [-0.15, -0.1) is 0 Å². The molecule has 0 aliphatic heterocycles. The number of benzene rings is 1. The van der Waals surface area contributed by atoms with Crippen molar-refractivity contribution >= 4 is 26.8 Å². The Morgan fingerprint density at radius 2 is 1.96 bits per heavy atom. The topological polar surface area (TPSA) is 97.7 Å². The maximum atomic E-state index is 12.9. The quantitative estimate of drug-likeness (QED) is 0.632. The predicted octanol–water partition coefficient (Wildman–Crippen LogP) is 1.43. The minimum atomic E-state index is -3.69. The van der Waals surface area contributed by atoms with Crippen molar-refractivity contribution in [2.45, 2.75) is 31.7 Å². The van der Waals surface area contributed by atoms with E-state index in [0.29, 0.717) is 38.2 Å². The summed E-state index contributed by atoms with van der Waals surface area (Å²) in [5, 5.41) is 2.92. The number of aromatic nitrogens is 1. The van der Waals surface area contributed by atoms with Crippen LogP contribution in [0.4, 0.5) is 0 Å². The molecule has 0 saturated carbocycles. The van der Waals surface area contributed by atoms with Crippen molar-refractivity contribution in [3.05, 3.63) is 40.2 Å². The van der Waals surface area contributed by atoms with Gasteiger partial charge in [0.15, 0.2) is 0 Å². The van der Waals surface area contributed by atoms with Crippen LogP contribution in [-0.2, 0) is 21.3 Å². The lowest BCUT2D eigenvalue weighted by Crippen LogP contribution is -2.31. The molecular formula is C19H27N3O5S. The summed E-state index contributed by atoms with van der Waals surface area (Å²) in [5.74, 6) is -0.480. The molecule has 154 valence electrons. The van der Waals surface area contributed by atoms with E-state index in [1.165, 1.54) is 32.4 Å². The molecule has 0 unspecified atom stereocenters. The number of hydrogen-bond donors (Lipinski definition) is 1. The zero-order valence-electron chi connectivity index (χ0n) is 16.7. The molecule has 1 aromatic heterocycles. The van der Waals surface area contributed by atoms with E-state index in [4.69, 9.17) is 4.74 Å². The molecule has 0 fully saturated rings. The number of pyridine rings is 1. The second-order valence-electron chi connectivity index (χ2n) is 6.43. The van der Waals surface area contributed by atoms with Gasteiger partial charge in [-0.1, -0.05) is 0 Å². The average molecular weight is 410 g/mol. The molecule has 28 heavy (non-hydrogen) atoms. The van der Waals surface area contributed by atoms with Gasteiger partial charge in [0.05, 0.1) is 10.4 Å². The summed E-state index contributed by atoms with van der Waals surface area (Å²) in [6, 6.07) is 4.40. The molecule has 0 atom stereocenters. The highest BCUT2D eigenvalue weighted by Gasteiger charge is 2.20. The van der Waals surface area contributed by atoms with E-state index in [-0.39, 0.29) is 15.8 Å². The van der Waals surface area contributed by atoms with Gasteiger partial charge >= 0.3 is 0 Å². The molecule has 1 N–H and O–H groups in total. The Morgan fingerprint density at radius 3 is 2.57 bits per heavy atom. The Balaban J connectivity index is 2.46. The molecule has 1 aromatic carbocycles. The van der Waals surface area contributed by atoms with Crippen molar-refractivity contribution in [2.75, 3.05) is 33.9 Å². The Morgan fingerprint density at radius 1 is 1.25 bits per heavy atom. The lowest BCUT2D eigenvalue weighted by Gasteiger charge is -2.15. The van der Waals surface area contributed by atoms with Gasteiger partial charge in [-0.25, -0.2) is 12.7 Å². The summed E-state index contributed by atoms with van der Waals surface area (Å²) in [6.07, 6.45) is 2.16. The van der Waals surface area contributed by atoms with Crippen LogP contribution >= 0.6 is 0 Å². The first-order valence-corrected chi connectivity index (χ1v) is 10.6. The van der Waals surface area contributed by atoms with Crippen molar-refractivity contribution in [2.24, 2.45) is 0 Å². The number of aryl methyl sites for hydroxylation is 1. The number of rotatable bonds is 9. The fraction of sp³-hybridized carbons (Fsp3) is 0.474. The van der Waals surface area contributed by atoms with E-state index in [2.05, 4.69) is 5.32 Å². The maximum absolute atomic E-state index is 12.9. The van der Waals surface area contributed by atoms with Gasteiger partial charge in [0.1, 0.15) is 5.56 Å². The first-order chi connectivity index (χ1) is 13.2. The highest BCUT2D eigenvalue weighted by atomic mass is 32.2. The van der Waals surface area contributed by atoms with Crippen LogP contribution in [0.25, 0.3) is 10.9 Å². The third-order valence-electron chi connectivity index (χ3n) is 4.37. The van der Waals surface area contributed by atoms with Crippen LogP contribution in [0.5, 0.6) is 0 Å². The van der Waals surface area contributed by atoms with Gasteiger partial charge in [0.25, 0.3) is 5.91 Å². The zero-order valence-corrected chi connectivity index (χ0v) is 17.5. The van der Waals surface area contributed by atoms with Crippen molar-refractivity contribution in [1.82, 2.24) is 14.2 Å². The number of fused-ring (bicyclic) bond motifs is 1. The van der Waals surface area contributed by atoms with Gasteiger partial charge < -0.3 is 14.6 Å². The molecule has 8 nitrogen and oxygen atoms in total. The normalized spacial score (nSPS) is 11.9. The number of sulfonamides is 1. The molecule has 0 aliphatic carbocycles. The SMILES string of the molecule is CCOCCCNC(=O)c1cn(CC)c2ccc(S(=O)(=O)N(C)C)cc2c1=O. The molecular weight excluding hydrogens is 382 g/mol. The Labute approximate surface area is 165 Å². The molecule has 2 rings (SSSR count). The minimum absolute atomic E-state index is 0.00911. The van der Waals surface area contributed by atoms with Gasteiger partial charge in [-0.05, 0) is 38.5 Å². The summed E-state index contributed by atoms with van der Waals surface area (Å²) in [5.41, 5.74) is 0.0843. The number of ether oxygens (including phenoxy) is 1. The van der Waals surface area contributed by atoms with Crippen molar-refractivity contribution in [3.8, 4) is 0 Å². The summed E-state index contributed by atoms with van der Waals surface area (Å²) < 4.78 is 32.9. The monoisotopic (exact) mass is 409 g/mol. The number of amides is 1. The van der Waals surface area contributed by atoms with E-state index in [0.717, 1.165) is 4.31 Å². The van der Waals surface area contributed by atoms with Crippen molar-refractivity contribution in [1.29, 1.82) is 0 Å². The van der Waals surface area contributed by atoms with Gasteiger partial charge in [0, 0.05) is 52.0 Å². The third-order valence-corrected chi connectivity index (χ3v) is 6.18. The third kappa shape index (κ3) is 4.60. The standard InChI is InChI=1S/C19H27N3O5S/c1-5-22-13-16(19(24)20-10-7-11-27-6-2)18(23)15-12-14(8-9-17(15)22)28(25,26)21(3)4/h8-9,12-13H,5-7,10-11H2,1-4H3,(H,20,24). The zero-order chi connectivity index (χ0) is 20.9. The molecule has 9 heteroatoms.